The van der Waals surface area contributed by atoms with Gasteiger partial charge < -0.3 is 21.1 Å². The van der Waals surface area contributed by atoms with Gasteiger partial charge in [0.15, 0.2) is 17.8 Å². The van der Waals surface area contributed by atoms with Gasteiger partial charge in [0.2, 0.25) is 0 Å². The molecule has 0 fully saturated rings. The van der Waals surface area contributed by atoms with Crippen molar-refractivity contribution in [2.24, 2.45) is 0 Å². The number of hydrogen-bond acceptors (Lipinski definition) is 10. The molecule has 14 heteroatoms. The summed E-state index contributed by atoms with van der Waals surface area (Å²) in [6, 6.07) is 10.3. The third-order valence-corrected chi connectivity index (χ3v) is 5.29. The van der Waals surface area contributed by atoms with E-state index < -0.39 is 23.3 Å². The van der Waals surface area contributed by atoms with Gasteiger partial charge in [-0.1, -0.05) is 6.07 Å². The summed E-state index contributed by atoms with van der Waals surface area (Å²) in [4.78, 5) is 36.9. The lowest BCUT2D eigenvalue weighted by molar-refractivity contribution is -0.137. The van der Waals surface area contributed by atoms with E-state index in [2.05, 4.69) is 41.1 Å². The Morgan fingerprint density at radius 2 is 1.83 bits per heavy atom. The summed E-state index contributed by atoms with van der Waals surface area (Å²) in [5.41, 5.74) is 1.22. The lowest BCUT2D eigenvalue weighted by Gasteiger charge is -2.13. The Labute approximate surface area is 233 Å². The fraction of sp³-hybridized carbons (Fsp3) is 0.222. The van der Waals surface area contributed by atoms with Crippen molar-refractivity contribution in [1.29, 1.82) is 0 Å². The molecule has 0 bridgehead atoms. The number of alkyl halides is 3. The van der Waals surface area contributed by atoms with Crippen LogP contribution in [0.2, 0.25) is 0 Å². The van der Waals surface area contributed by atoms with Gasteiger partial charge in [0, 0.05) is 35.6 Å². The number of carbonyl (C=O) groups excluding carboxylic acids is 2. The van der Waals surface area contributed by atoms with Crippen molar-refractivity contribution in [2.45, 2.75) is 13.1 Å². The number of aryl methyl sites for hydroxylation is 1. The van der Waals surface area contributed by atoms with Gasteiger partial charge in [-0.05, 0) is 56.9 Å². The van der Waals surface area contributed by atoms with Crippen LogP contribution in [-0.4, -0.2) is 69.7 Å². The maximum atomic E-state index is 13.0. The first-order chi connectivity index (χ1) is 19.6. The Hall–Kier alpha value is -4.82. The van der Waals surface area contributed by atoms with E-state index in [1.165, 1.54) is 6.20 Å². The Morgan fingerprint density at radius 3 is 2.51 bits per heavy atom. The molecule has 0 aliphatic carbocycles. The third kappa shape index (κ3) is 8.33. The molecule has 41 heavy (non-hydrogen) atoms. The van der Waals surface area contributed by atoms with Crippen LogP contribution in [0.1, 0.15) is 32.1 Å². The first-order valence-corrected chi connectivity index (χ1v) is 12.2. The maximum absolute atomic E-state index is 13.0. The van der Waals surface area contributed by atoms with Crippen LogP contribution in [0.25, 0.3) is 22.6 Å². The monoisotopic (exact) mass is 568 g/mol. The van der Waals surface area contributed by atoms with Crippen molar-refractivity contribution in [3.8, 4) is 22.6 Å². The molecular weight excluding hydrogens is 541 g/mol. The van der Waals surface area contributed by atoms with E-state index in [0.717, 1.165) is 5.56 Å². The van der Waals surface area contributed by atoms with Crippen LogP contribution in [0.3, 0.4) is 0 Å². The molecular formula is C27H27F3N8O3. The number of nitrogens with zero attached hydrogens (tertiary/aromatic N) is 5. The van der Waals surface area contributed by atoms with E-state index in [9.17, 15) is 27.9 Å². The zero-order chi connectivity index (χ0) is 30.0. The van der Waals surface area contributed by atoms with Crippen molar-refractivity contribution in [3.63, 3.8) is 0 Å². The number of carbonyl (C=O) groups is 2. The van der Waals surface area contributed by atoms with Gasteiger partial charge in [-0.25, -0.2) is 9.97 Å². The number of anilines is 2. The topological polar surface area (TPSA) is 155 Å². The first kappa shape index (κ1) is 30.7. The molecule has 0 unspecified atom stereocenters. The zero-order valence-electron chi connectivity index (χ0n) is 22.3. The molecule has 4 rings (SSSR count). The Bertz CT molecular complexity index is 1520. The second-order valence-corrected chi connectivity index (χ2v) is 8.51. The maximum Gasteiger partial charge on any atom is 0.418 e. The predicted octanol–water partition coefficient (Wildman–Crippen LogP) is 3.63. The van der Waals surface area contributed by atoms with Crippen molar-refractivity contribution in [1.82, 2.24) is 30.5 Å². The molecule has 1 aromatic carbocycles. The molecule has 3 heterocycles. The Morgan fingerprint density at radius 1 is 1.07 bits per heavy atom. The fourth-order valence-electron chi connectivity index (χ4n) is 3.43. The van der Waals surface area contributed by atoms with Crippen LogP contribution < -0.4 is 16.0 Å². The van der Waals surface area contributed by atoms with Crippen molar-refractivity contribution >= 4 is 23.7 Å². The average Bonchev–Trinajstić information content (AvgIpc) is 2.97. The summed E-state index contributed by atoms with van der Waals surface area (Å²) in [7, 11) is 3.75. The lowest BCUT2D eigenvalue weighted by atomic mass is 10.1. The third-order valence-electron chi connectivity index (χ3n) is 5.29. The lowest BCUT2D eigenvalue weighted by Crippen LogP contribution is -2.17. The summed E-state index contributed by atoms with van der Waals surface area (Å²) in [5.74, 6) is -0.215. The van der Waals surface area contributed by atoms with Crippen LogP contribution in [-0.2, 0) is 6.18 Å². The minimum atomic E-state index is -4.67. The van der Waals surface area contributed by atoms with Gasteiger partial charge in [-0.15, -0.1) is 5.10 Å². The van der Waals surface area contributed by atoms with Gasteiger partial charge in [-0.2, -0.15) is 18.3 Å². The van der Waals surface area contributed by atoms with Crippen LogP contribution in [0.5, 0.6) is 0 Å². The van der Waals surface area contributed by atoms with Gasteiger partial charge >= 0.3 is 6.18 Å². The van der Waals surface area contributed by atoms with E-state index in [1.807, 2.05) is 14.1 Å². The quantitative estimate of drug-likeness (QED) is 0.232. The van der Waals surface area contributed by atoms with Crippen molar-refractivity contribution in [3.05, 3.63) is 77.4 Å². The van der Waals surface area contributed by atoms with Crippen LogP contribution in [0.15, 0.2) is 54.9 Å². The fourth-order valence-corrected chi connectivity index (χ4v) is 3.43. The molecule has 4 aromatic rings. The van der Waals surface area contributed by atoms with Gasteiger partial charge in [0.1, 0.15) is 11.5 Å². The average molecular weight is 569 g/mol. The molecule has 0 spiro atoms. The van der Waals surface area contributed by atoms with E-state index in [-0.39, 0.29) is 30.4 Å². The molecule has 0 saturated heterocycles. The number of aliphatic hydroxyl groups excluding tert-OH is 1. The first-order valence-electron chi connectivity index (χ1n) is 12.2. The highest BCUT2D eigenvalue weighted by Crippen LogP contribution is 2.30. The zero-order valence-corrected chi connectivity index (χ0v) is 22.3. The second kappa shape index (κ2) is 14.0. The van der Waals surface area contributed by atoms with Crippen molar-refractivity contribution < 1.29 is 27.9 Å². The summed E-state index contributed by atoms with van der Waals surface area (Å²) < 4.78 is 39.0. The minimum absolute atomic E-state index is 0.141. The highest BCUT2D eigenvalue weighted by atomic mass is 19.4. The molecule has 3 aromatic heterocycles. The molecule has 4 N–H and O–H groups in total. The van der Waals surface area contributed by atoms with Crippen LogP contribution >= 0.6 is 0 Å². The minimum Gasteiger partial charge on any atom is -0.395 e. The summed E-state index contributed by atoms with van der Waals surface area (Å²) in [5, 5.41) is 24.3. The number of benzene rings is 1. The Balaban J connectivity index is 0.00000147. The van der Waals surface area contributed by atoms with E-state index in [0.29, 0.717) is 41.2 Å². The molecule has 0 aliphatic heterocycles. The standard InChI is InChI=1S/C25H20F3N7O3.C2H7N/c1-14-2-3-17(32-24(38)21-9-16(12-31-35-21)25(26,27)28)10-19(14)23-33-20(11-22(34-23)30-6-7-36)15-4-5-29-18(8-15)13-37;1-3-2/h2-5,8-13,36H,6-7H2,1H3,(H,32,38)(H,30,33,34);3H,1-2H3. The highest BCUT2D eigenvalue weighted by molar-refractivity contribution is 6.03. The largest absolute Gasteiger partial charge is 0.418 e. The van der Waals surface area contributed by atoms with E-state index in [1.54, 1.807) is 43.3 Å². The molecule has 0 radical (unpaired) electrons. The molecule has 1 amide bonds. The molecule has 0 saturated carbocycles. The number of hydrogen-bond donors (Lipinski definition) is 4. The number of rotatable bonds is 8. The normalized spacial score (nSPS) is 10.8. The van der Waals surface area contributed by atoms with Gasteiger partial charge in [0.05, 0.1) is 24.1 Å². The summed E-state index contributed by atoms with van der Waals surface area (Å²) in [6.45, 7) is 1.88. The van der Waals surface area contributed by atoms with Crippen LogP contribution in [0, 0.1) is 6.92 Å². The summed E-state index contributed by atoms with van der Waals surface area (Å²) >= 11 is 0. The van der Waals surface area contributed by atoms with Gasteiger partial charge in [0.25, 0.3) is 5.91 Å². The summed E-state index contributed by atoms with van der Waals surface area (Å²) in [6.07, 6.45) is -2.05. The van der Waals surface area contributed by atoms with Crippen LogP contribution in [0.4, 0.5) is 24.7 Å². The molecule has 11 nitrogen and oxygen atoms in total. The number of halogens is 3. The highest BCUT2D eigenvalue weighted by Gasteiger charge is 2.32. The number of nitrogens with one attached hydrogen (secondary N) is 3. The molecule has 0 atom stereocenters. The molecule has 214 valence electrons. The number of amides is 1. The molecule has 0 aliphatic rings. The number of aliphatic hydroxyl groups is 1. The van der Waals surface area contributed by atoms with Gasteiger partial charge in [-0.3, -0.25) is 14.6 Å². The second-order valence-electron chi connectivity index (χ2n) is 8.51. The number of aromatic nitrogens is 5. The Kier molecular flexibility index (Phi) is 10.5. The predicted molar refractivity (Wildman–Crippen MR) is 146 cm³/mol. The van der Waals surface area contributed by atoms with E-state index >= 15 is 0 Å². The smallest absolute Gasteiger partial charge is 0.395 e. The number of pyridine rings is 1. The van der Waals surface area contributed by atoms with Crippen molar-refractivity contribution in [2.75, 3.05) is 37.9 Å². The SMILES string of the molecule is CNC.Cc1ccc(NC(=O)c2cc(C(F)(F)F)cnn2)cc1-c1nc(NCCO)cc(-c2ccnc(C=O)c2)n1. The number of aldehydes is 1. The van der Waals surface area contributed by atoms with E-state index in [4.69, 9.17) is 0 Å².